The van der Waals surface area contributed by atoms with Crippen LogP contribution in [0.2, 0.25) is 0 Å². The maximum atomic E-state index is 10.7. The van der Waals surface area contributed by atoms with Crippen LogP contribution in [0.15, 0.2) is 18.7 Å². The van der Waals surface area contributed by atoms with E-state index in [9.17, 15) is 10.1 Å². The standard InChI is InChI=1S/C10H12N2O3/c1-6(2)7-4-8(12(13)14)10(11)9(5-7)15-3/h4-5H,1,11H2,2-3H3. The monoisotopic (exact) mass is 208 g/mol. The number of nitrogens with two attached hydrogens (primary N) is 1. The molecule has 0 amide bonds. The molecule has 0 aliphatic rings. The second kappa shape index (κ2) is 4.00. The molecule has 5 heteroatoms. The first-order chi connectivity index (χ1) is 6.97. The molecule has 1 aromatic rings. The van der Waals surface area contributed by atoms with E-state index in [0.29, 0.717) is 11.3 Å². The zero-order chi connectivity index (χ0) is 11.6. The topological polar surface area (TPSA) is 78.4 Å². The molecule has 0 spiro atoms. The summed E-state index contributed by atoms with van der Waals surface area (Å²) in [7, 11) is 1.41. The number of nitrogen functional groups attached to an aromatic ring is 1. The zero-order valence-electron chi connectivity index (χ0n) is 8.61. The van der Waals surface area contributed by atoms with E-state index in [2.05, 4.69) is 6.58 Å². The van der Waals surface area contributed by atoms with Crippen molar-refractivity contribution in [3.63, 3.8) is 0 Å². The number of anilines is 1. The highest BCUT2D eigenvalue weighted by Gasteiger charge is 2.17. The second-order valence-corrected chi connectivity index (χ2v) is 3.15. The van der Waals surface area contributed by atoms with Crippen LogP contribution in [-0.2, 0) is 0 Å². The summed E-state index contributed by atoms with van der Waals surface area (Å²) in [6.45, 7) is 5.47. The van der Waals surface area contributed by atoms with Crippen molar-refractivity contribution in [2.24, 2.45) is 0 Å². The van der Waals surface area contributed by atoms with Gasteiger partial charge in [0.2, 0.25) is 0 Å². The van der Waals surface area contributed by atoms with Gasteiger partial charge in [-0.05, 0) is 18.6 Å². The minimum Gasteiger partial charge on any atom is -0.494 e. The van der Waals surface area contributed by atoms with Crippen LogP contribution in [-0.4, -0.2) is 12.0 Å². The van der Waals surface area contributed by atoms with Gasteiger partial charge in [0.15, 0.2) is 5.69 Å². The van der Waals surface area contributed by atoms with E-state index < -0.39 is 4.92 Å². The first-order valence-electron chi connectivity index (χ1n) is 4.25. The van der Waals surface area contributed by atoms with Crippen LogP contribution in [0.4, 0.5) is 11.4 Å². The van der Waals surface area contributed by atoms with E-state index in [4.69, 9.17) is 10.5 Å². The Morgan fingerprint density at radius 1 is 1.60 bits per heavy atom. The molecule has 0 unspecified atom stereocenters. The SMILES string of the molecule is C=C(C)c1cc(OC)c(N)c([N+](=O)[O-])c1. The third-order valence-electron chi connectivity index (χ3n) is 2.03. The summed E-state index contributed by atoms with van der Waals surface area (Å²) in [5.41, 5.74) is 6.81. The van der Waals surface area contributed by atoms with E-state index in [-0.39, 0.29) is 11.4 Å². The molecular weight excluding hydrogens is 196 g/mol. The Balaban J connectivity index is 3.45. The first kappa shape index (κ1) is 11.0. The summed E-state index contributed by atoms with van der Waals surface area (Å²) in [6.07, 6.45) is 0. The highest BCUT2D eigenvalue weighted by Crippen LogP contribution is 2.34. The maximum Gasteiger partial charge on any atom is 0.296 e. The highest BCUT2D eigenvalue weighted by atomic mass is 16.6. The Hall–Kier alpha value is -2.04. The lowest BCUT2D eigenvalue weighted by Gasteiger charge is -2.07. The van der Waals surface area contributed by atoms with Gasteiger partial charge in [0.25, 0.3) is 5.69 Å². The molecule has 0 aliphatic carbocycles. The van der Waals surface area contributed by atoms with Crippen LogP contribution in [0, 0.1) is 10.1 Å². The summed E-state index contributed by atoms with van der Waals surface area (Å²) >= 11 is 0. The lowest BCUT2D eigenvalue weighted by atomic mass is 10.1. The van der Waals surface area contributed by atoms with Crippen LogP contribution in [0.1, 0.15) is 12.5 Å². The molecular formula is C10H12N2O3. The van der Waals surface area contributed by atoms with Crippen molar-refractivity contribution >= 4 is 16.9 Å². The fourth-order valence-corrected chi connectivity index (χ4v) is 1.18. The number of hydrogen-bond donors (Lipinski definition) is 1. The summed E-state index contributed by atoms with van der Waals surface area (Å²) < 4.78 is 4.96. The molecule has 0 atom stereocenters. The van der Waals surface area contributed by atoms with Gasteiger partial charge in [-0.3, -0.25) is 10.1 Å². The molecule has 15 heavy (non-hydrogen) atoms. The lowest BCUT2D eigenvalue weighted by molar-refractivity contribution is -0.384. The molecule has 0 heterocycles. The molecule has 0 radical (unpaired) electrons. The Labute approximate surface area is 87.3 Å². The minimum absolute atomic E-state index is 0.0347. The number of nitrogens with zero attached hydrogens (tertiary/aromatic N) is 1. The maximum absolute atomic E-state index is 10.7. The Morgan fingerprint density at radius 3 is 2.60 bits per heavy atom. The van der Waals surface area contributed by atoms with Gasteiger partial charge in [0.05, 0.1) is 12.0 Å². The number of allylic oxidation sites excluding steroid dienone is 1. The number of nitro benzene ring substituents is 1. The third-order valence-corrected chi connectivity index (χ3v) is 2.03. The van der Waals surface area contributed by atoms with Crippen LogP contribution >= 0.6 is 0 Å². The number of methoxy groups -OCH3 is 1. The summed E-state index contributed by atoms with van der Waals surface area (Å²) in [5.74, 6) is 0.294. The van der Waals surface area contributed by atoms with Crippen LogP contribution in [0.5, 0.6) is 5.75 Å². The predicted molar refractivity (Wildman–Crippen MR) is 58.8 cm³/mol. The molecule has 0 bridgehead atoms. The van der Waals surface area contributed by atoms with Crippen molar-refractivity contribution in [1.82, 2.24) is 0 Å². The molecule has 2 N–H and O–H groups in total. The smallest absolute Gasteiger partial charge is 0.296 e. The van der Waals surface area contributed by atoms with Crippen LogP contribution < -0.4 is 10.5 Å². The molecule has 0 aromatic heterocycles. The summed E-state index contributed by atoms with van der Waals surface area (Å²) in [5, 5.41) is 10.7. The van der Waals surface area contributed by atoms with Gasteiger partial charge in [0, 0.05) is 6.07 Å². The van der Waals surface area contributed by atoms with Gasteiger partial charge in [0.1, 0.15) is 5.75 Å². The van der Waals surface area contributed by atoms with Crippen LogP contribution in [0.25, 0.3) is 5.57 Å². The number of hydrogen-bond acceptors (Lipinski definition) is 4. The Kier molecular flexibility index (Phi) is 2.94. The largest absolute Gasteiger partial charge is 0.494 e. The van der Waals surface area contributed by atoms with E-state index in [1.54, 1.807) is 13.0 Å². The second-order valence-electron chi connectivity index (χ2n) is 3.15. The van der Waals surface area contributed by atoms with Crippen molar-refractivity contribution in [2.75, 3.05) is 12.8 Å². The molecule has 5 nitrogen and oxygen atoms in total. The highest BCUT2D eigenvalue weighted by molar-refractivity contribution is 5.75. The summed E-state index contributed by atoms with van der Waals surface area (Å²) in [6, 6.07) is 3.02. The number of nitro groups is 1. The molecule has 0 saturated carbocycles. The van der Waals surface area contributed by atoms with Crippen molar-refractivity contribution in [3.8, 4) is 5.75 Å². The Bertz CT molecular complexity index is 427. The van der Waals surface area contributed by atoms with Crippen LogP contribution in [0.3, 0.4) is 0 Å². The van der Waals surface area contributed by atoms with Crippen molar-refractivity contribution < 1.29 is 9.66 Å². The van der Waals surface area contributed by atoms with Gasteiger partial charge in [-0.1, -0.05) is 12.2 Å². The number of rotatable bonds is 3. The minimum atomic E-state index is -0.537. The van der Waals surface area contributed by atoms with Gasteiger partial charge in [-0.15, -0.1) is 0 Å². The van der Waals surface area contributed by atoms with E-state index in [1.165, 1.54) is 13.2 Å². The Morgan fingerprint density at radius 2 is 2.20 bits per heavy atom. The van der Waals surface area contributed by atoms with Gasteiger partial charge >= 0.3 is 0 Å². The zero-order valence-corrected chi connectivity index (χ0v) is 8.61. The van der Waals surface area contributed by atoms with E-state index in [0.717, 1.165) is 5.57 Å². The fraction of sp³-hybridized carbons (Fsp3) is 0.200. The normalized spacial score (nSPS) is 9.73. The van der Waals surface area contributed by atoms with Gasteiger partial charge in [-0.25, -0.2) is 0 Å². The fourth-order valence-electron chi connectivity index (χ4n) is 1.18. The lowest BCUT2D eigenvalue weighted by Crippen LogP contribution is -2.00. The number of benzene rings is 1. The van der Waals surface area contributed by atoms with E-state index in [1.807, 2.05) is 0 Å². The molecule has 80 valence electrons. The molecule has 0 saturated heterocycles. The quantitative estimate of drug-likeness (QED) is 0.469. The average molecular weight is 208 g/mol. The van der Waals surface area contributed by atoms with Crippen molar-refractivity contribution in [3.05, 3.63) is 34.4 Å². The van der Waals surface area contributed by atoms with Crippen molar-refractivity contribution in [2.45, 2.75) is 6.92 Å². The predicted octanol–water partition coefficient (Wildman–Crippen LogP) is 2.22. The summed E-state index contributed by atoms with van der Waals surface area (Å²) in [4.78, 5) is 10.2. The first-order valence-corrected chi connectivity index (χ1v) is 4.25. The molecule has 0 fully saturated rings. The van der Waals surface area contributed by atoms with Gasteiger partial charge < -0.3 is 10.5 Å². The molecule has 0 aliphatic heterocycles. The third kappa shape index (κ3) is 2.07. The molecule has 1 aromatic carbocycles. The van der Waals surface area contributed by atoms with Crippen molar-refractivity contribution in [1.29, 1.82) is 0 Å². The number of ether oxygens (including phenoxy) is 1. The average Bonchev–Trinajstić information content (AvgIpc) is 2.17. The molecule has 1 rings (SSSR count). The van der Waals surface area contributed by atoms with E-state index >= 15 is 0 Å². The van der Waals surface area contributed by atoms with Gasteiger partial charge in [-0.2, -0.15) is 0 Å².